The van der Waals surface area contributed by atoms with E-state index in [-0.39, 0.29) is 20.5 Å². The highest BCUT2D eigenvalue weighted by molar-refractivity contribution is 7.22. The number of nitrogens with zero attached hydrogens (tertiary/aromatic N) is 3. The summed E-state index contributed by atoms with van der Waals surface area (Å²) in [5, 5.41) is -0.726. The number of nitrogens with one attached hydrogen (secondary N) is 1. The minimum atomic E-state index is -4.02. The molecule has 0 spiro atoms. The molecule has 4 nitrogen and oxygen atoms in total. The molecule has 0 aliphatic carbocycles. The number of aromatic nitrogens is 2. The standard InChI is InChI=1S/C18H17ClF2N4S/c19-16-8-13-17(22-10-23-18(13)26-16)24-12-3-5-25(6-4-12)9-11-1-2-14(20)15(21)7-11/h1-2,7-8,10,12H,3-6,9H2,(H,22,23,24)/i3D2,4D2,5D2,6D2,8D,9D2,10D,12D/hD. The third kappa shape index (κ3) is 3.79. The summed E-state index contributed by atoms with van der Waals surface area (Å²) in [7, 11) is 0. The van der Waals surface area contributed by atoms with Gasteiger partial charge >= 0.3 is 0 Å². The molecule has 1 aliphatic rings. The van der Waals surface area contributed by atoms with Crippen LogP contribution >= 0.6 is 22.9 Å². The van der Waals surface area contributed by atoms with Gasteiger partial charge in [-0.05, 0) is 36.5 Å². The minimum Gasteiger partial charge on any atom is -0.367 e. The van der Waals surface area contributed by atoms with Gasteiger partial charge in [0.2, 0.25) is 0 Å². The molecule has 1 aromatic carbocycles. The van der Waals surface area contributed by atoms with E-state index in [4.69, 9.17) is 30.8 Å². The van der Waals surface area contributed by atoms with Gasteiger partial charge in [0, 0.05) is 39.2 Å². The number of hydrogen-bond acceptors (Lipinski definition) is 5. The SMILES string of the molecule is [2H]c1nc(N([2H])C2([2H])C([2H])([2H])C([2H])([2H])N(C([2H])([2H])c3ccc(F)c(F)c3)C([2H])([2H])C2([2H])[2H])c2c([2H])c(Cl)sc2n1. The topological polar surface area (TPSA) is 41.1 Å². The normalized spacial score (nSPS) is 33.7. The smallest absolute Gasteiger partial charge is 0.162 e. The van der Waals surface area contributed by atoms with Crippen LogP contribution in [0.1, 0.15) is 36.1 Å². The van der Waals surface area contributed by atoms with Gasteiger partial charge in [-0.15, -0.1) is 11.3 Å². The van der Waals surface area contributed by atoms with Gasteiger partial charge in [-0.3, -0.25) is 4.90 Å². The number of thiophene rings is 1. The second-order valence-electron chi connectivity index (χ2n) is 4.84. The molecule has 8 heteroatoms. The molecule has 3 heterocycles. The van der Waals surface area contributed by atoms with E-state index in [9.17, 15) is 8.78 Å². The van der Waals surface area contributed by atoms with Crippen molar-refractivity contribution in [2.24, 2.45) is 0 Å². The summed E-state index contributed by atoms with van der Waals surface area (Å²) < 4.78 is 146. The average Bonchev–Trinajstić information content (AvgIpc) is 3.10. The van der Waals surface area contributed by atoms with Crippen molar-refractivity contribution < 1.29 is 28.0 Å². The van der Waals surface area contributed by atoms with Crippen LogP contribution in [-0.2, 0) is 6.50 Å². The molecule has 1 saturated heterocycles. The molecule has 1 fully saturated rings. The summed E-state index contributed by atoms with van der Waals surface area (Å²) in [5.41, 5.74) is -0.894. The maximum absolute atomic E-state index is 14.0. The van der Waals surface area contributed by atoms with E-state index in [0.717, 1.165) is 0 Å². The molecule has 1 aliphatic heterocycles. The third-order valence-corrected chi connectivity index (χ3v) is 4.20. The zero-order chi connectivity index (χ0) is 30.6. The van der Waals surface area contributed by atoms with E-state index in [2.05, 4.69) is 9.97 Å². The Labute approximate surface area is 178 Å². The van der Waals surface area contributed by atoms with Crippen LogP contribution in [0, 0.1) is 11.6 Å². The second-order valence-corrected chi connectivity index (χ2v) is 6.44. The van der Waals surface area contributed by atoms with Gasteiger partial charge in [0.1, 0.15) is 18.3 Å². The van der Waals surface area contributed by atoms with Crippen molar-refractivity contribution in [3.05, 3.63) is 52.1 Å². The highest BCUT2D eigenvalue weighted by Gasteiger charge is 2.21. The Morgan fingerprint density at radius 1 is 1.42 bits per heavy atom. The summed E-state index contributed by atoms with van der Waals surface area (Å²) in [5.74, 6) is -3.94. The van der Waals surface area contributed by atoms with Crippen LogP contribution in [0.2, 0.25) is 5.75 Å². The number of halogens is 3. The van der Waals surface area contributed by atoms with Gasteiger partial charge in [-0.2, -0.15) is 0 Å². The Morgan fingerprint density at radius 2 is 2.23 bits per heavy atom. The van der Waals surface area contributed by atoms with Crippen LogP contribution in [-0.4, -0.2) is 33.9 Å². The number of hydrogen-bond donors (Lipinski definition) is 1. The average molecular weight is 409 g/mol. The molecule has 2 aromatic heterocycles. The first-order chi connectivity index (χ1) is 18.0. The highest BCUT2D eigenvalue weighted by atomic mass is 35.5. The Morgan fingerprint density at radius 3 is 3.00 bits per heavy atom. The largest absolute Gasteiger partial charge is 0.367 e. The zero-order valence-corrected chi connectivity index (χ0v) is 14.1. The Balaban J connectivity index is 2.01. The molecule has 3 aromatic rings. The Hall–Kier alpha value is -1.83. The molecule has 0 radical (unpaired) electrons. The lowest BCUT2D eigenvalue weighted by atomic mass is 10.0. The van der Waals surface area contributed by atoms with E-state index >= 15 is 0 Å². The summed E-state index contributed by atoms with van der Waals surface area (Å²) in [6, 6.07) is -3.10. The lowest BCUT2D eigenvalue weighted by molar-refractivity contribution is 0.211. The van der Waals surface area contributed by atoms with Crippen molar-refractivity contribution in [1.82, 2.24) is 14.9 Å². The molecular formula is C18H17ClF2N4S. The maximum Gasteiger partial charge on any atom is 0.162 e. The number of piperidine rings is 1. The molecule has 4 rings (SSSR count). The first-order valence-electron chi connectivity index (χ1n) is 13.9. The maximum atomic E-state index is 14.0. The summed E-state index contributed by atoms with van der Waals surface area (Å²) in [6.07, 6.45) is -8.87. The molecule has 0 atom stereocenters. The van der Waals surface area contributed by atoms with Crippen molar-refractivity contribution >= 4 is 39.0 Å². The predicted molar refractivity (Wildman–Crippen MR) is 101 cm³/mol. The molecule has 0 unspecified atom stereocenters. The predicted octanol–water partition coefficient (Wildman–Crippen LogP) is 4.70. The summed E-state index contributed by atoms with van der Waals surface area (Å²) in [4.78, 5) is 6.68. The van der Waals surface area contributed by atoms with Crippen molar-refractivity contribution in [3.63, 3.8) is 0 Å². The third-order valence-electron chi connectivity index (χ3n) is 3.10. The first-order valence-corrected chi connectivity index (χ1v) is 8.17. The van der Waals surface area contributed by atoms with Gasteiger partial charge in [0.25, 0.3) is 0 Å². The van der Waals surface area contributed by atoms with E-state index < -0.39 is 83.9 Å². The number of benzene rings is 1. The van der Waals surface area contributed by atoms with Crippen LogP contribution in [0.5, 0.6) is 0 Å². The monoisotopic (exact) mass is 408 g/mol. The van der Waals surface area contributed by atoms with Gasteiger partial charge in [-0.25, -0.2) is 18.7 Å². The first kappa shape index (κ1) is 7.66. The van der Waals surface area contributed by atoms with Crippen molar-refractivity contribution in [2.45, 2.75) is 25.3 Å². The van der Waals surface area contributed by atoms with E-state index in [1.165, 1.54) is 0 Å². The van der Waals surface area contributed by atoms with Gasteiger partial charge in [0.05, 0.1) is 12.5 Å². The quantitative estimate of drug-likeness (QED) is 0.679. The van der Waals surface area contributed by atoms with Crippen LogP contribution in [0.4, 0.5) is 14.6 Å². The number of anilines is 1. The zero-order valence-electron chi connectivity index (χ0n) is 26.6. The molecule has 0 saturated carbocycles. The molecular weight excluding hydrogens is 378 g/mol. The fourth-order valence-corrected chi connectivity index (χ4v) is 2.95. The fraction of sp³-hybridized carbons (Fsp3) is 0.333. The van der Waals surface area contributed by atoms with E-state index in [1.807, 2.05) is 0 Å². The van der Waals surface area contributed by atoms with Crippen LogP contribution in [0.15, 0.2) is 30.5 Å². The Bertz CT molecular complexity index is 1490. The molecule has 0 bridgehead atoms. The molecule has 1 N–H and O–H groups in total. The number of rotatable bonds is 4. The lowest BCUT2D eigenvalue weighted by Crippen LogP contribution is -2.38. The highest BCUT2D eigenvalue weighted by Crippen LogP contribution is 2.32. The molecule has 0 amide bonds. The molecule has 26 heavy (non-hydrogen) atoms. The lowest BCUT2D eigenvalue weighted by Gasteiger charge is -2.32. The number of fused-ring (bicyclic) bond motifs is 1. The van der Waals surface area contributed by atoms with Crippen molar-refractivity contribution in [1.29, 1.82) is 0 Å². The fourth-order valence-electron chi connectivity index (χ4n) is 1.99. The minimum absolute atomic E-state index is 0.176. The van der Waals surface area contributed by atoms with Gasteiger partial charge in [0.15, 0.2) is 13.0 Å². The van der Waals surface area contributed by atoms with Crippen LogP contribution in [0.3, 0.4) is 0 Å². The summed E-state index contributed by atoms with van der Waals surface area (Å²) >= 11 is 6.62. The van der Waals surface area contributed by atoms with Crippen LogP contribution < -0.4 is 5.31 Å². The Kier molecular flexibility index (Phi) is 2.19. The van der Waals surface area contributed by atoms with E-state index in [0.29, 0.717) is 23.5 Å². The molecule has 136 valence electrons. The van der Waals surface area contributed by atoms with Crippen molar-refractivity contribution in [3.8, 4) is 0 Å². The van der Waals surface area contributed by atoms with Gasteiger partial charge < -0.3 is 5.31 Å². The number of likely N-dealkylation sites (tertiary alicyclic amines) is 1. The van der Waals surface area contributed by atoms with Crippen LogP contribution in [0.25, 0.3) is 10.2 Å². The van der Waals surface area contributed by atoms with Gasteiger partial charge in [-0.1, -0.05) is 17.7 Å². The van der Waals surface area contributed by atoms with Crippen molar-refractivity contribution in [2.75, 3.05) is 18.3 Å². The second kappa shape index (κ2) is 7.42. The van der Waals surface area contributed by atoms with E-state index in [1.54, 1.807) is 0 Å². The summed E-state index contributed by atoms with van der Waals surface area (Å²) in [6.45, 7) is -11.5.